The van der Waals surface area contributed by atoms with Gasteiger partial charge in [-0.1, -0.05) is 30.3 Å². The molecule has 7 nitrogen and oxygen atoms in total. The number of hydrogen-bond donors (Lipinski definition) is 1. The fourth-order valence-electron chi connectivity index (χ4n) is 3.07. The van der Waals surface area contributed by atoms with Gasteiger partial charge in [-0.25, -0.2) is 8.42 Å². The van der Waals surface area contributed by atoms with E-state index in [2.05, 4.69) is 11.9 Å². The van der Waals surface area contributed by atoms with Crippen LogP contribution in [0, 0.1) is 11.3 Å². The molecule has 0 aliphatic carbocycles. The predicted octanol–water partition coefficient (Wildman–Crippen LogP) is 4.20. The van der Waals surface area contributed by atoms with Gasteiger partial charge in [0, 0.05) is 11.3 Å². The van der Waals surface area contributed by atoms with Crippen LogP contribution in [-0.4, -0.2) is 28.0 Å². The second-order valence-electron chi connectivity index (χ2n) is 6.67. The summed E-state index contributed by atoms with van der Waals surface area (Å²) < 4.78 is 33.4. The summed E-state index contributed by atoms with van der Waals surface area (Å²) in [6.45, 7) is 3.68. The molecule has 8 heteroatoms. The number of para-hydroxylation sites is 2. The Kier molecular flexibility index (Phi) is 6.93. The molecular weight excluding hydrogens is 426 g/mol. The SMILES string of the molecule is C=CCN(c1ccccc1OC)S(=O)(=O)c1cccc(C(=O)Nc2cccc(C#N)c2)c1. The quantitative estimate of drug-likeness (QED) is 0.522. The van der Waals surface area contributed by atoms with Crippen molar-refractivity contribution in [3.8, 4) is 11.8 Å². The lowest BCUT2D eigenvalue weighted by Crippen LogP contribution is -2.31. The van der Waals surface area contributed by atoms with Gasteiger partial charge in [-0.15, -0.1) is 6.58 Å². The van der Waals surface area contributed by atoms with Crippen LogP contribution in [0.1, 0.15) is 15.9 Å². The molecule has 162 valence electrons. The van der Waals surface area contributed by atoms with Crippen molar-refractivity contribution >= 4 is 27.3 Å². The number of carbonyl (C=O) groups excluding carboxylic acids is 1. The summed E-state index contributed by atoms with van der Waals surface area (Å²) in [7, 11) is -2.57. The van der Waals surface area contributed by atoms with Gasteiger partial charge in [0.05, 0.1) is 35.9 Å². The number of benzene rings is 3. The molecule has 0 atom stereocenters. The fourth-order valence-corrected chi connectivity index (χ4v) is 4.57. The zero-order valence-corrected chi connectivity index (χ0v) is 18.2. The fraction of sp³-hybridized carbons (Fsp3) is 0.0833. The van der Waals surface area contributed by atoms with Gasteiger partial charge in [0.1, 0.15) is 5.75 Å². The van der Waals surface area contributed by atoms with Crippen LogP contribution >= 0.6 is 0 Å². The first-order valence-corrected chi connectivity index (χ1v) is 11.0. The van der Waals surface area contributed by atoms with E-state index < -0.39 is 15.9 Å². The summed E-state index contributed by atoms with van der Waals surface area (Å²) in [4.78, 5) is 12.7. The zero-order chi connectivity index (χ0) is 23.1. The lowest BCUT2D eigenvalue weighted by Gasteiger charge is -2.25. The van der Waals surface area contributed by atoms with Crippen molar-refractivity contribution in [1.82, 2.24) is 0 Å². The number of methoxy groups -OCH3 is 1. The topological polar surface area (TPSA) is 99.5 Å². The molecule has 3 rings (SSSR count). The van der Waals surface area contributed by atoms with E-state index in [4.69, 9.17) is 10.00 Å². The first kappa shape index (κ1) is 22.6. The number of nitriles is 1. The Bertz CT molecular complexity index is 1300. The van der Waals surface area contributed by atoms with Crippen molar-refractivity contribution in [3.63, 3.8) is 0 Å². The minimum Gasteiger partial charge on any atom is -0.495 e. The Labute approximate surface area is 187 Å². The lowest BCUT2D eigenvalue weighted by molar-refractivity contribution is 0.102. The average molecular weight is 448 g/mol. The molecular formula is C24H21N3O4S. The molecule has 3 aromatic carbocycles. The molecule has 0 aromatic heterocycles. The second kappa shape index (κ2) is 9.81. The van der Waals surface area contributed by atoms with Gasteiger partial charge >= 0.3 is 0 Å². The van der Waals surface area contributed by atoms with Crippen LogP contribution in [0.2, 0.25) is 0 Å². The van der Waals surface area contributed by atoms with Crippen LogP contribution < -0.4 is 14.4 Å². The minimum atomic E-state index is -4.03. The molecule has 0 heterocycles. The molecule has 0 bridgehead atoms. The summed E-state index contributed by atoms with van der Waals surface area (Å²) in [5, 5.41) is 11.7. The highest BCUT2D eigenvalue weighted by atomic mass is 32.2. The molecule has 0 unspecified atom stereocenters. The third-order valence-corrected chi connectivity index (χ3v) is 6.36. The van der Waals surface area contributed by atoms with Gasteiger partial charge in [-0.3, -0.25) is 9.10 Å². The third-order valence-electron chi connectivity index (χ3n) is 4.58. The number of carbonyl (C=O) groups is 1. The van der Waals surface area contributed by atoms with Gasteiger partial charge in [-0.05, 0) is 48.5 Å². The Morgan fingerprint density at radius 2 is 1.88 bits per heavy atom. The molecule has 0 fully saturated rings. The van der Waals surface area contributed by atoms with Crippen LogP contribution in [0.5, 0.6) is 5.75 Å². The zero-order valence-electron chi connectivity index (χ0n) is 17.4. The number of sulfonamides is 1. The monoisotopic (exact) mass is 447 g/mol. The molecule has 0 saturated heterocycles. The number of nitrogens with one attached hydrogen (secondary N) is 1. The van der Waals surface area contributed by atoms with Crippen molar-refractivity contribution in [3.05, 3.63) is 96.6 Å². The van der Waals surface area contributed by atoms with E-state index in [0.717, 1.165) is 0 Å². The first-order valence-electron chi connectivity index (χ1n) is 9.59. The Morgan fingerprint density at radius 1 is 1.12 bits per heavy atom. The minimum absolute atomic E-state index is 0.0140. The van der Waals surface area contributed by atoms with E-state index in [9.17, 15) is 13.2 Å². The number of anilines is 2. The van der Waals surface area contributed by atoms with Crippen LogP contribution in [0.25, 0.3) is 0 Å². The van der Waals surface area contributed by atoms with Crippen LogP contribution in [0.15, 0.2) is 90.3 Å². The van der Waals surface area contributed by atoms with Gasteiger partial charge in [-0.2, -0.15) is 5.26 Å². The van der Waals surface area contributed by atoms with Gasteiger partial charge < -0.3 is 10.1 Å². The Hall–Kier alpha value is -4.09. The number of ether oxygens (including phenoxy) is 1. The number of amides is 1. The van der Waals surface area contributed by atoms with Crippen LogP contribution in [0.3, 0.4) is 0 Å². The molecule has 0 radical (unpaired) electrons. The van der Waals surface area contributed by atoms with E-state index in [1.165, 1.54) is 47.8 Å². The molecule has 3 aromatic rings. The molecule has 0 aliphatic heterocycles. The lowest BCUT2D eigenvalue weighted by atomic mass is 10.2. The Morgan fingerprint density at radius 3 is 2.59 bits per heavy atom. The molecule has 0 aliphatic rings. The summed E-state index contributed by atoms with van der Waals surface area (Å²) in [6.07, 6.45) is 1.47. The predicted molar refractivity (Wildman–Crippen MR) is 123 cm³/mol. The summed E-state index contributed by atoms with van der Waals surface area (Å²) in [6, 6.07) is 21.0. The summed E-state index contributed by atoms with van der Waals surface area (Å²) in [5.74, 6) is -0.103. The van der Waals surface area contributed by atoms with Crippen molar-refractivity contribution in [1.29, 1.82) is 5.26 Å². The maximum absolute atomic E-state index is 13.5. The summed E-state index contributed by atoms with van der Waals surface area (Å²) in [5.41, 5.74) is 1.35. The summed E-state index contributed by atoms with van der Waals surface area (Å²) >= 11 is 0. The highest BCUT2D eigenvalue weighted by molar-refractivity contribution is 7.92. The second-order valence-corrected chi connectivity index (χ2v) is 8.53. The van der Waals surface area contributed by atoms with Gasteiger partial charge in [0.25, 0.3) is 15.9 Å². The Balaban J connectivity index is 1.96. The number of rotatable bonds is 8. The van der Waals surface area contributed by atoms with Crippen molar-refractivity contribution < 1.29 is 17.9 Å². The van der Waals surface area contributed by atoms with Gasteiger partial charge in [0.2, 0.25) is 0 Å². The number of hydrogen-bond acceptors (Lipinski definition) is 5. The van der Waals surface area contributed by atoms with E-state index >= 15 is 0 Å². The maximum atomic E-state index is 13.5. The first-order chi connectivity index (χ1) is 15.4. The van der Waals surface area contributed by atoms with Crippen LogP contribution in [0.4, 0.5) is 11.4 Å². The van der Waals surface area contributed by atoms with Crippen molar-refractivity contribution in [2.24, 2.45) is 0 Å². The van der Waals surface area contributed by atoms with E-state index in [1.807, 2.05) is 6.07 Å². The molecule has 0 spiro atoms. The molecule has 1 amide bonds. The van der Waals surface area contributed by atoms with Crippen molar-refractivity contribution in [2.45, 2.75) is 4.90 Å². The third kappa shape index (κ3) is 4.79. The average Bonchev–Trinajstić information content (AvgIpc) is 2.82. The standard InChI is InChI=1S/C24H21N3O4S/c1-3-14-27(22-12-4-5-13-23(22)31-2)32(29,30)21-11-7-9-19(16-21)24(28)26-20-10-6-8-18(15-20)17-25/h3-13,15-16H,1,14H2,2H3,(H,26,28). The number of nitrogens with zero attached hydrogens (tertiary/aromatic N) is 2. The maximum Gasteiger partial charge on any atom is 0.264 e. The largest absolute Gasteiger partial charge is 0.495 e. The molecule has 32 heavy (non-hydrogen) atoms. The van der Waals surface area contributed by atoms with E-state index in [0.29, 0.717) is 22.7 Å². The highest BCUT2D eigenvalue weighted by Gasteiger charge is 2.27. The normalized spacial score (nSPS) is 10.6. The molecule has 1 N–H and O–H groups in total. The molecule has 0 saturated carbocycles. The van der Waals surface area contributed by atoms with Crippen LogP contribution in [-0.2, 0) is 10.0 Å². The van der Waals surface area contributed by atoms with Gasteiger partial charge in [0.15, 0.2) is 0 Å². The van der Waals surface area contributed by atoms with E-state index in [1.54, 1.807) is 42.5 Å². The highest BCUT2D eigenvalue weighted by Crippen LogP contribution is 2.32. The van der Waals surface area contributed by atoms with E-state index in [-0.39, 0.29) is 17.0 Å². The van der Waals surface area contributed by atoms with Crippen molar-refractivity contribution in [2.75, 3.05) is 23.3 Å². The smallest absolute Gasteiger partial charge is 0.264 e.